The van der Waals surface area contributed by atoms with Crippen LogP contribution in [0.5, 0.6) is 0 Å². The van der Waals surface area contributed by atoms with Crippen molar-refractivity contribution in [3.63, 3.8) is 0 Å². The molecule has 0 heterocycles. The summed E-state index contributed by atoms with van der Waals surface area (Å²) in [6.07, 6.45) is 6.80. The summed E-state index contributed by atoms with van der Waals surface area (Å²) in [5.41, 5.74) is 2.09. The Morgan fingerprint density at radius 1 is 1.24 bits per heavy atom. The van der Waals surface area contributed by atoms with Crippen molar-refractivity contribution < 1.29 is 10.2 Å². The Balaban J connectivity index is 2.92. The highest BCUT2D eigenvalue weighted by molar-refractivity contribution is 5.13. The molecule has 1 aliphatic carbocycles. The number of hydrogen-bond acceptors (Lipinski definition) is 2. The van der Waals surface area contributed by atoms with Crippen molar-refractivity contribution in [3.05, 3.63) is 23.3 Å². The first kappa shape index (κ1) is 14.5. The number of hydrogen-bond donors (Lipinski definition) is 2. The fourth-order valence-electron chi connectivity index (χ4n) is 2.16. The predicted molar refractivity (Wildman–Crippen MR) is 71.8 cm³/mol. The molecule has 1 unspecified atom stereocenters. The summed E-state index contributed by atoms with van der Waals surface area (Å²) in [6, 6.07) is 0. The molecule has 2 N–H and O–H groups in total. The zero-order valence-corrected chi connectivity index (χ0v) is 11.5. The molecular formula is C15H26O2. The van der Waals surface area contributed by atoms with Gasteiger partial charge in [-0.1, -0.05) is 31.6 Å². The predicted octanol–water partition coefficient (Wildman–Crippen LogP) is 3.20. The first-order valence-electron chi connectivity index (χ1n) is 6.53. The molecule has 0 spiro atoms. The summed E-state index contributed by atoms with van der Waals surface area (Å²) in [4.78, 5) is 0. The van der Waals surface area contributed by atoms with Gasteiger partial charge in [0.2, 0.25) is 0 Å². The van der Waals surface area contributed by atoms with Crippen molar-refractivity contribution in [2.45, 2.75) is 65.6 Å². The second kappa shape index (κ2) is 5.83. The Morgan fingerprint density at radius 3 is 2.53 bits per heavy atom. The molecule has 2 atom stereocenters. The molecule has 1 aliphatic rings. The molecule has 1 rings (SSSR count). The van der Waals surface area contributed by atoms with Crippen LogP contribution in [0.3, 0.4) is 0 Å². The van der Waals surface area contributed by atoms with E-state index in [-0.39, 0.29) is 5.41 Å². The van der Waals surface area contributed by atoms with Crippen molar-refractivity contribution >= 4 is 0 Å². The summed E-state index contributed by atoms with van der Waals surface area (Å²) in [6.45, 7) is 8.19. The lowest BCUT2D eigenvalue weighted by atomic mass is 9.80. The monoisotopic (exact) mass is 238 g/mol. The lowest BCUT2D eigenvalue weighted by molar-refractivity contribution is 0.0797. The normalized spacial score (nSPS) is 37.3. The molecule has 0 aliphatic heterocycles. The van der Waals surface area contributed by atoms with E-state index in [1.165, 1.54) is 5.57 Å². The lowest BCUT2D eigenvalue weighted by Crippen LogP contribution is -2.28. The van der Waals surface area contributed by atoms with Gasteiger partial charge < -0.3 is 10.2 Å². The molecule has 2 nitrogen and oxygen atoms in total. The van der Waals surface area contributed by atoms with Crippen molar-refractivity contribution in [2.24, 2.45) is 5.41 Å². The van der Waals surface area contributed by atoms with Crippen LogP contribution in [0.2, 0.25) is 0 Å². The Hall–Kier alpha value is -0.600. The number of aliphatic hydroxyl groups is 2. The van der Waals surface area contributed by atoms with Gasteiger partial charge in [0.05, 0.1) is 12.2 Å². The summed E-state index contributed by atoms with van der Waals surface area (Å²) < 4.78 is 0. The molecule has 0 aromatic carbocycles. The summed E-state index contributed by atoms with van der Waals surface area (Å²) >= 11 is 0. The van der Waals surface area contributed by atoms with Crippen molar-refractivity contribution in [3.8, 4) is 0 Å². The van der Waals surface area contributed by atoms with Crippen LogP contribution in [0.1, 0.15) is 53.4 Å². The molecule has 0 amide bonds. The standard InChI is InChI=1S/C15H26O2/c1-11-6-5-9-15(3,4)14(17)10-12(2)13(16)8-7-11/h7,10,13-14,16-17H,5-6,8-9H2,1-4H3/b11-7+,12-10+/t13?,14-/m1/s1. The van der Waals surface area contributed by atoms with Gasteiger partial charge in [0.1, 0.15) is 0 Å². The molecular weight excluding hydrogens is 212 g/mol. The van der Waals surface area contributed by atoms with E-state index in [9.17, 15) is 10.2 Å². The third-order valence-electron chi connectivity index (χ3n) is 3.83. The maximum Gasteiger partial charge on any atom is 0.0782 e. The van der Waals surface area contributed by atoms with Crippen molar-refractivity contribution in [1.29, 1.82) is 0 Å². The summed E-state index contributed by atoms with van der Waals surface area (Å²) in [5.74, 6) is 0. The van der Waals surface area contributed by atoms with Crippen LogP contribution >= 0.6 is 0 Å². The van der Waals surface area contributed by atoms with Gasteiger partial charge in [0.25, 0.3) is 0 Å². The molecule has 0 saturated carbocycles. The largest absolute Gasteiger partial charge is 0.388 e. The Bertz CT molecular complexity index is 313. The molecule has 0 aromatic rings. The van der Waals surface area contributed by atoms with Gasteiger partial charge in [-0.05, 0) is 50.5 Å². The number of rotatable bonds is 0. The molecule has 0 radical (unpaired) electrons. The van der Waals surface area contributed by atoms with Crippen LogP contribution in [0.4, 0.5) is 0 Å². The van der Waals surface area contributed by atoms with Gasteiger partial charge in [-0.25, -0.2) is 0 Å². The third kappa shape index (κ3) is 4.29. The van der Waals surface area contributed by atoms with E-state index >= 15 is 0 Å². The molecule has 0 aromatic heterocycles. The molecule has 0 fully saturated rings. The second-order valence-electron chi connectivity index (χ2n) is 6.00. The van der Waals surface area contributed by atoms with Crippen LogP contribution in [0, 0.1) is 5.41 Å². The molecule has 0 saturated heterocycles. The maximum absolute atomic E-state index is 10.2. The smallest absolute Gasteiger partial charge is 0.0782 e. The van der Waals surface area contributed by atoms with Crippen LogP contribution in [-0.4, -0.2) is 22.4 Å². The fraction of sp³-hybridized carbons (Fsp3) is 0.733. The van der Waals surface area contributed by atoms with Crippen molar-refractivity contribution in [1.82, 2.24) is 0 Å². The Kier molecular flexibility index (Phi) is 4.96. The quantitative estimate of drug-likeness (QED) is 0.636. The lowest BCUT2D eigenvalue weighted by Gasteiger charge is -2.29. The highest BCUT2D eigenvalue weighted by Gasteiger charge is 2.26. The van der Waals surface area contributed by atoms with Gasteiger partial charge in [0, 0.05) is 0 Å². The van der Waals surface area contributed by atoms with Crippen LogP contribution in [-0.2, 0) is 0 Å². The molecule has 17 heavy (non-hydrogen) atoms. The van der Waals surface area contributed by atoms with E-state index in [1.807, 2.05) is 13.0 Å². The number of allylic oxidation sites excluding steroid dienone is 1. The fourth-order valence-corrected chi connectivity index (χ4v) is 2.16. The van der Waals surface area contributed by atoms with E-state index < -0.39 is 12.2 Å². The topological polar surface area (TPSA) is 40.5 Å². The molecule has 0 bridgehead atoms. The second-order valence-corrected chi connectivity index (χ2v) is 6.00. The van der Waals surface area contributed by atoms with E-state index in [0.29, 0.717) is 6.42 Å². The van der Waals surface area contributed by atoms with Gasteiger partial charge in [0.15, 0.2) is 0 Å². The third-order valence-corrected chi connectivity index (χ3v) is 3.83. The van der Waals surface area contributed by atoms with Gasteiger partial charge >= 0.3 is 0 Å². The first-order chi connectivity index (χ1) is 7.83. The van der Waals surface area contributed by atoms with Crippen molar-refractivity contribution in [2.75, 3.05) is 0 Å². The van der Waals surface area contributed by atoms with Gasteiger partial charge in [-0.15, -0.1) is 0 Å². The average Bonchev–Trinajstić information content (AvgIpc) is 2.25. The summed E-state index contributed by atoms with van der Waals surface area (Å²) in [5, 5.41) is 20.2. The number of aliphatic hydroxyl groups excluding tert-OH is 2. The van der Waals surface area contributed by atoms with Crippen LogP contribution in [0.15, 0.2) is 23.3 Å². The summed E-state index contributed by atoms with van der Waals surface area (Å²) in [7, 11) is 0. The zero-order chi connectivity index (χ0) is 13.1. The molecule has 98 valence electrons. The molecule has 2 heteroatoms. The van der Waals surface area contributed by atoms with Crippen LogP contribution < -0.4 is 0 Å². The highest BCUT2D eigenvalue weighted by Crippen LogP contribution is 2.31. The first-order valence-corrected chi connectivity index (χ1v) is 6.53. The minimum atomic E-state index is -0.476. The van der Waals surface area contributed by atoms with Gasteiger partial charge in [-0.3, -0.25) is 0 Å². The average molecular weight is 238 g/mol. The van der Waals surface area contributed by atoms with Gasteiger partial charge in [-0.2, -0.15) is 0 Å². The SMILES string of the molecule is C/C1=C\CC(O)/C(C)=C/[C@@H](O)C(C)(C)CCC1. The van der Waals surface area contributed by atoms with E-state index in [4.69, 9.17) is 0 Å². The van der Waals surface area contributed by atoms with Crippen LogP contribution in [0.25, 0.3) is 0 Å². The minimum Gasteiger partial charge on any atom is -0.388 e. The van der Waals surface area contributed by atoms with E-state index in [0.717, 1.165) is 24.8 Å². The highest BCUT2D eigenvalue weighted by atomic mass is 16.3. The maximum atomic E-state index is 10.2. The van der Waals surface area contributed by atoms with E-state index in [2.05, 4.69) is 26.8 Å². The zero-order valence-electron chi connectivity index (χ0n) is 11.5. The Morgan fingerprint density at radius 2 is 1.88 bits per heavy atom. The Labute approximate surface area is 105 Å². The minimum absolute atomic E-state index is 0.119. The van der Waals surface area contributed by atoms with E-state index in [1.54, 1.807) is 0 Å².